The van der Waals surface area contributed by atoms with Crippen molar-refractivity contribution in [3.8, 4) is 5.75 Å². The lowest BCUT2D eigenvalue weighted by Gasteiger charge is -2.33. The molecule has 1 aliphatic rings. The van der Waals surface area contributed by atoms with Gasteiger partial charge in [-0.15, -0.1) is 0 Å². The topological polar surface area (TPSA) is 66.8 Å². The molecule has 2 aromatic rings. The Morgan fingerprint density at radius 1 is 1.25 bits per heavy atom. The van der Waals surface area contributed by atoms with E-state index in [1.54, 1.807) is 42.5 Å². The Bertz CT molecular complexity index is 836. The van der Waals surface area contributed by atoms with Gasteiger partial charge in [-0.25, -0.2) is 8.42 Å². The highest BCUT2D eigenvalue weighted by Gasteiger charge is 2.31. The predicted octanol–water partition coefficient (Wildman–Crippen LogP) is 3.12. The van der Waals surface area contributed by atoms with E-state index in [0.29, 0.717) is 34.0 Å². The molecule has 7 heteroatoms. The third kappa shape index (κ3) is 3.36. The summed E-state index contributed by atoms with van der Waals surface area (Å²) in [4.78, 5) is 0. The Hall–Kier alpha value is -1.76. The van der Waals surface area contributed by atoms with Crippen molar-refractivity contribution in [3.63, 3.8) is 0 Å². The number of anilines is 1. The van der Waals surface area contributed by atoms with Crippen LogP contribution in [0.2, 0.25) is 5.02 Å². The molecule has 0 amide bonds. The molecular formula is C17H18ClNO4S. The normalized spacial score (nSPS) is 17.5. The van der Waals surface area contributed by atoms with Crippen molar-refractivity contribution in [1.29, 1.82) is 0 Å². The number of aliphatic hydroxyl groups is 1. The van der Waals surface area contributed by atoms with Crippen LogP contribution in [0.1, 0.15) is 23.7 Å². The van der Waals surface area contributed by atoms with E-state index in [1.807, 2.05) is 0 Å². The molecule has 0 saturated carbocycles. The summed E-state index contributed by atoms with van der Waals surface area (Å²) in [7, 11) is -2.07. The van der Waals surface area contributed by atoms with Gasteiger partial charge in [0.25, 0.3) is 0 Å². The molecule has 0 bridgehead atoms. The molecule has 0 aliphatic carbocycles. The zero-order valence-corrected chi connectivity index (χ0v) is 14.7. The largest absolute Gasteiger partial charge is 0.497 e. The van der Waals surface area contributed by atoms with E-state index in [0.717, 1.165) is 0 Å². The fraction of sp³-hybridized carbons (Fsp3) is 0.294. The van der Waals surface area contributed by atoms with Gasteiger partial charge in [-0.3, -0.25) is 4.31 Å². The van der Waals surface area contributed by atoms with Crippen LogP contribution in [0.5, 0.6) is 5.75 Å². The fourth-order valence-electron chi connectivity index (χ4n) is 2.82. The number of fused-ring (bicyclic) bond motifs is 1. The maximum absolute atomic E-state index is 12.9. The smallest absolute Gasteiger partial charge is 0.239 e. The molecular weight excluding hydrogens is 350 g/mol. The van der Waals surface area contributed by atoms with Crippen LogP contribution >= 0.6 is 11.6 Å². The number of methoxy groups -OCH3 is 1. The standard InChI is InChI=1S/C17H18ClNO4S/c1-23-14-6-7-15-16(10-14)19(9-8-17(15)20)24(21,22)11-12-2-4-13(18)5-3-12/h2-7,10,17,20H,8-9,11H2,1H3. The summed E-state index contributed by atoms with van der Waals surface area (Å²) < 4.78 is 32.3. The van der Waals surface area contributed by atoms with E-state index in [9.17, 15) is 13.5 Å². The zero-order valence-electron chi connectivity index (χ0n) is 13.1. The summed E-state index contributed by atoms with van der Waals surface area (Å²) in [6, 6.07) is 11.8. The number of rotatable bonds is 4. The maximum atomic E-state index is 12.9. The van der Waals surface area contributed by atoms with Gasteiger partial charge in [-0.05, 0) is 30.2 Å². The van der Waals surface area contributed by atoms with Crippen molar-refractivity contribution in [2.24, 2.45) is 0 Å². The highest BCUT2D eigenvalue weighted by atomic mass is 35.5. The second-order valence-electron chi connectivity index (χ2n) is 5.68. The minimum atomic E-state index is -3.59. The summed E-state index contributed by atoms with van der Waals surface area (Å²) in [6.45, 7) is 0.233. The zero-order chi connectivity index (χ0) is 17.3. The van der Waals surface area contributed by atoms with Crippen molar-refractivity contribution in [2.45, 2.75) is 18.3 Å². The number of benzene rings is 2. The van der Waals surface area contributed by atoms with Gasteiger partial charge >= 0.3 is 0 Å². The molecule has 128 valence electrons. The van der Waals surface area contributed by atoms with Crippen LogP contribution in [-0.2, 0) is 15.8 Å². The number of hydrogen-bond donors (Lipinski definition) is 1. The van der Waals surface area contributed by atoms with Gasteiger partial charge in [0.1, 0.15) is 5.75 Å². The highest BCUT2D eigenvalue weighted by Crippen LogP contribution is 2.38. The Morgan fingerprint density at radius 2 is 1.96 bits per heavy atom. The molecule has 0 fully saturated rings. The lowest BCUT2D eigenvalue weighted by atomic mass is 10.0. The fourth-order valence-corrected chi connectivity index (χ4v) is 4.56. The molecule has 1 atom stereocenters. The van der Waals surface area contributed by atoms with Gasteiger partial charge in [0, 0.05) is 23.2 Å². The number of aliphatic hydroxyl groups excluding tert-OH is 1. The number of halogens is 1. The van der Waals surface area contributed by atoms with Gasteiger partial charge in [0.2, 0.25) is 10.0 Å². The first-order chi connectivity index (χ1) is 11.4. The third-order valence-corrected chi connectivity index (χ3v) is 6.07. The number of sulfonamides is 1. The van der Waals surface area contributed by atoms with E-state index >= 15 is 0 Å². The molecule has 2 aromatic carbocycles. The van der Waals surface area contributed by atoms with Crippen LogP contribution in [0.15, 0.2) is 42.5 Å². The molecule has 1 unspecified atom stereocenters. The van der Waals surface area contributed by atoms with E-state index in [-0.39, 0.29) is 12.3 Å². The maximum Gasteiger partial charge on any atom is 0.239 e. The molecule has 3 rings (SSSR count). The van der Waals surface area contributed by atoms with E-state index in [2.05, 4.69) is 0 Å². The first kappa shape index (κ1) is 17.1. The van der Waals surface area contributed by atoms with Crippen LogP contribution in [0.4, 0.5) is 5.69 Å². The summed E-state index contributed by atoms with van der Waals surface area (Å²) in [6.07, 6.45) is -0.313. The van der Waals surface area contributed by atoms with Crippen molar-refractivity contribution >= 4 is 27.3 Å². The molecule has 0 aromatic heterocycles. The Labute approximate surface area is 146 Å². The molecule has 0 radical (unpaired) electrons. The minimum absolute atomic E-state index is 0.128. The van der Waals surface area contributed by atoms with Crippen molar-refractivity contribution in [2.75, 3.05) is 18.0 Å². The van der Waals surface area contributed by atoms with Crippen molar-refractivity contribution < 1.29 is 18.3 Å². The Kier molecular flexibility index (Phi) is 4.71. The van der Waals surface area contributed by atoms with Crippen molar-refractivity contribution in [1.82, 2.24) is 0 Å². The minimum Gasteiger partial charge on any atom is -0.497 e. The first-order valence-electron chi connectivity index (χ1n) is 7.51. The Morgan fingerprint density at radius 3 is 2.62 bits per heavy atom. The Balaban J connectivity index is 1.97. The molecule has 0 spiro atoms. The van der Waals surface area contributed by atoms with Crippen LogP contribution < -0.4 is 9.04 Å². The molecule has 5 nitrogen and oxygen atoms in total. The summed E-state index contributed by atoms with van der Waals surface area (Å²) in [5, 5.41) is 10.7. The number of hydrogen-bond acceptors (Lipinski definition) is 4. The van der Waals surface area contributed by atoms with Crippen LogP contribution in [0, 0.1) is 0 Å². The van der Waals surface area contributed by atoms with Gasteiger partial charge in [-0.2, -0.15) is 0 Å². The molecule has 24 heavy (non-hydrogen) atoms. The second-order valence-corrected chi connectivity index (χ2v) is 8.01. The summed E-state index contributed by atoms with van der Waals surface area (Å²) in [5.74, 6) is 0.422. The van der Waals surface area contributed by atoms with Gasteiger partial charge in [0.05, 0.1) is 24.7 Å². The predicted molar refractivity (Wildman–Crippen MR) is 94.0 cm³/mol. The average Bonchev–Trinajstić information content (AvgIpc) is 2.56. The summed E-state index contributed by atoms with van der Waals surface area (Å²) in [5.41, 5.74) is 1.73. The van der Waals surface area contributed by atoms with Gasteiger partial charge in [0.15, 0.2) is 0 Å². The summed E-state index contributed by atoms with van der Waals surface area (Å²) >= 11 is 5.85. The molecule has 1 aliphatic heterocycles. The van der Waals surface area contributed by atoms with Crippen molar-refractivity contribution in [3.05, 3.63) is 58.6 Å². The third-order valence-electron chi connectivity index (χ3n) is 4.07. The molecule has 0 saturated heterocycles. The number of ether oxygens (including phenoxy) is 1. The number of nitrogens with zero attached hydrogens (tertiary/aromatic N) is 1. The van der Waals surface area contributed by atoms with Crippen LogP contribution in [0.3, 0.4) is 0 Å². The van der Waals surface area contributed by atoms with Gasteiger partial charge < -0.3 is 9.84 Å². The lowest BCUT2D eigenvalue weighted by molar-refractivity contribution is 0.166. The monoisotopic (exact) mass is 367 g/mol. The molecule has 1 N–H and O–H groups in total. The second kappa shape index (κ2) is 6.63. The van der Waals surface area contributed by atoms with E-state index in [4.69, 9.17) is 16.3 Å². The highest BCUT2D eigenvalue weighted by molar-refractivity contribution is 7.92. The average molecular weight is 368 g/mol. The van der Waals surface area contributed by atoms with E-state index < -0.39 is 16.1 Å². The SMILES string of the molecule is COc1ccc2c(c1)N(S(=O)(=O)Cc1ccc(Cl)cc1)CCC2O. The molecule has 1 heterocycles. The quantitative estimate of drug-likeness (QED) is 0.901. The lowest BCUT2D eigenvalue weighted by Crippen LogP contribution is -2.37. The van der Waals surface area contributed by atoms with E-state index in [1.165, 1.54) is 11.4 Å². The van der Waals surface area contributed by atoms with Gasteiger partial charge in [-0.1, -0.05) is 29.8 Å². The first-order valence-corrected chi connectivity index (χ1v) is 9.50. The van der Waals surface area contributed by atoms with Crippen LogP contribution in [0.25, 0.3) is 0 Å². The van der Waals surface area contributed by atoms with Crippen LogP contribution in [-0.4, -0.2) is 27.2 Å².